The van der Waals surface area contributed by atoms with Crippen LogP contribution in [0.25, 0.3) is 0 Å². The van der Waals surface area contributed by atoms with Crippen LogP contribution in [0.15, 0.2) is 42.5 Å². The lowest BCUT2D eigenvalue weighted by Crippen LogP contribution is -2.45. The van der Waals surface area contributed by atoms with Crippen molar-refractivity contribution in [1.29, 1.82) is 0 Å². The molecule has 1 fully saturated rings. The summed E-state index contributed by atoms with van der Waals surface area (Å²) in [5.74, 6) is 1.16. The van der Waals surface area contributed by atoms with Gasteiger partial charge in [0.1, 0.15) is 11.5 Å². The number of hydrogen-bond acceptors (Lipinski definition) is 4. The predicted octanol–water partition coefficient (Wildman–Crippen LogP) is 4.64. The molecule has 156 valence electrons. The molecule has 0 radical (unpaired) electrons. The highest BCUT2D eigenvalue weighted by atomic mass is 35.5. The summed E-state index contributed by atoms with van der Waals surface area (Å²) in [6.07, 6.45) is 1.68. The van der Waals surface area contributed by atoms with Crippen molar-refractivity contribution in [2.75, 3.05) is 33.0 Å². The lowest BCUT2D eigenvalue weighted by molar-refractivity contribution is -0.123. The van der Waals surface area contributed by atoms with Gasteiger partial charge < -0.3 is 19.5 Å². The molecule has 0 spiro atoms. The zero-order valence-electron chi connectivity index (χ0n) is 16.4. The Morgan fingerprint density at radius 2 is 1.72 bits per heavy atom. The number of carbonyl (C=O) groups is 1. The first-order chi connectivity index (χ1) is 14.0. The van der Waals surface area contributed by atoms with Crippen LogP contribution in [0.1, 0.15) is 25.3 Å². The molecule has 1 aliphatic rings. The third kappa shape index (κ3) is 5.78. The van der Waals surface area contributed by atoms with Gasteiger partial charge in [-0.25, -0.2) is 0 Å². The molecule has 1 N–H and O–H groups in total. The number of benzene rings is 2. The average molecular weight is 438 g/mol. The summed E-state index contributed by atoms with van der Waals surface area (Å²) < 4.78 is 16.6. The molecule has 0 bridgehead atoms. The molecular weight excluding hydrogens is 413 g/mol. The van der Waals surface area contributed by atoms with Crippen molar-refractivity contribution in [3.05, 3.63) is 58.1 Å². The first kappa shape index (κ1) is 21.8. The molecule has 29 heavy (non-hydrogen) atoms. The van der Waals surface area contributed by atoms with E-state index in [0.717, 1.165) is 18.6 Å². The lowest BCUT2D eigenvalue weighted by atomic mass is 9.74. The minimum Gasteiger partial charge on any atom is -0.494 e. The Kier molecular flexibility index (Phi) is 7.64. The predicted molar refractivity (Wildman–Crippen MR) is 114 cm³/mol. The zero-order chi connectivity index (χ0) is 20.7. The molecule has 2 aromatic carbocycles. The highest BCUT2D eigenvalue weighted by Gasteiger charge is 2.34. The van der Waals surface area contributed by atoms with Crippen LogP contribution in [-0.4, -0.2) is 38.9 Å². The van der Waals surface area contributed by atoms with Gasteiger partial charge in [-0.15, -0.1) is 0 Å². The smallest absolute Gasteiger partial charge is 0.257 e. The molecule has 1 heterocycles. The van der Waals surface area contributed by atoms with Crippen molar-refractivity contribution in [1.82, 2.24) is 5.32 Å². The van der Waals surface area contributed by atoms with E-state index in [0.29, 0.717) is 42.2 Å². The van der Waals surface area contributed by atoms with Crippen molar-refractivity contribution < 1.29 is 19.0 Å². The topological polar surface area (TPSA) is 56.8 Å². The molecule has 2 aromatic rings. The molecule has 0 aromatic heterocycles. The Hall–Kier alpha value is -1.95. The maximum absolute atomic E-state index is 12.4. The fraction of sp³-hybridized carbons (Fsp3) is 0.409. The minimum atomic E-state index is -0.187. The molecule has 7 heteroatoms. The number of hydrogen-bond donors (Lipinski definition) is 1. The summed E-state index contributed by atoms with van der Waals surface area (Å²) in [7, 11) is 0. The highest BCUT2D eigenvalue weighted by molar-refractivity contribution is 6.42. The Bertz CT molecular complexity index is 820. The number of rotatable bonds is 8. The second kappa shape index (κ2) is 10.2. The Labute approximate surface area is 181 Å². The summed E-state index contributed by atoms with van der Waals surface area (Å²) in [4.78, 5) is 12.4. The minimum absolute atomic E-state index is 0.0895. The fourth-order valence-corrected chi connectivity index (χ4v) is 3.72. The second-order valence-corrected chi connectivity index (χ2v) is 7.81. The SMILES string of the molecule is CCOc1ccc(C2(CNC(=O)COc3ccc(Cl)c(Cl)c3)CCOCC2)cc1. The van der Waals surface area contributed by atoms with Crippen molar-refractivity contribution in [2.45, 2.75) is 25.2 Å². The molecule has 3 rings (SSSR count). The first-order valence-electron chi connectivity index (χ1n) is 9.68. The largest absolute Gasteiger partial charge is 0.494 e. The van der Waals surface area contributed by atoms with Crippen LogP contribution in [0.2, 0.25) is 10.0 Å². The third-order valence-corrected chi connectivity index (χ3v) is 5.85. The quantitative estimate of drug-likeness (QED) is 0.653. The van der Waals surface area contributed by atoms with E-state index in [9.17, 15) is 4.79 Å². The van der Waals surface area contributed by atoms with Crippen LogP contribution in [0, 0.1) is 0 Å². The van der Waals surface area contributed by atoms with Gasteiger partial charge in [0, 0.05) is 31.2 Å². The number of carbonyl (C=O) groups excluding carboxylic acids is 1. The Morgan fingerprint density at radius 3 is 2.38 bits per heavy atom. The van der Waals surface area contributed by atoms with E-state index in [2.05, 4.69) is 17.4 Å². The fourth-order valence-electron chi connectivity index (χ4n) is 3.44. The zero-order valence-corrected chi connectivity index (χ0v) is 17.9. The van der Waals surface area contributed by atoms with E-state index in [1.54, 1.807) is 18.2 Å². The number of amides is 1. The number of ether oxygens (including phenoxy) is 3. The number of halogens is 2. The Morgan fingerprint density at radius 1 is 1.03 bits per heavy atom. The van der Waals surface area contributed by atoms with Crippen molar-refractivity contribution in [3.8, 4) is 11.5 Å². The van der Waals surface area contributed by atoms with Gasteiger partial charge in [-0.3, -0.25) is 4.79 Å². The van der Waals surface area contributed by atoms with Gasteiger partial charge >= 0.3 is 0 Å². The van der Waals surface area contributed by atoms with Gasteiger partial charge in [0.15, 0.2) is 6.61 Å². The monoisotopic (exact) mass is 437 g/mol. The molecule has 0 atom stereocenters. The van der Waals surface area contributed by atoms with Crippen molar-refractivity contribution in [2.24, 2.45) is 0 Å². The maximum Gasteiger partial charge on any atom is 0.257 e. The van der Waals surface area contributed by atoms with Crippen molar-refractivity contribution >= 4 is 29.1 Å². The van der Waals surface area contributed by atoms with Crippen LogP contribution in [0.4, 0.5) is 0 Å². The molecule has 0 unspecified atom stereocenters. The van der Waals surface area contributed by atoms with Gasteiger partial charge in [-0.05, 0) is 49.6 Å². The standard InChI is InChI=1S/C22H25Cl2NO4/c1-2-28-17-5-3-16(4-6-17)22(9-11-27-12-10-22)15-25-21(26)14-29-18-7-8-19(23)20(24)13-18/h3-8,13H,2,9-12,14-15H2,1H3,(H,25,26). The molecule has 1 aliphatic heterocycles. The van der Waals surface area contributed by atoms with E-state index < -0.39 is 0 Å². The normalized spacial score (nSPS) is 15.6. The van der Waals surface area contributed by atoms with Crippen LogP contribution in [-0.2, 0) is 14.9 Å². The molecule has 0 saturated carbocycles. The van der Waals surface area contributed by atoms with Gasteiger partial charge in [-0.2, -0.15) is 0 Å². The molecular formula is C22H25Cl2NO4. The third-order valence-electron chi connectivity index (χ3n) is 5.11. The Balaban J connectivity index is 1.61. The average Bonchev–Trinajstić information content (AvgIpc) is 2.74. The van der Waals surface area contributed by atoms with E-state index in [1.807, 2.05) is 19.1 Å². The van der Waals surface area contributed by atoms with Crippen LogP contribution in [0.5, 0.6) is 11.5 Å². The van der Waals surface area contributed by atoms with Crippen molar-refractivity contribution in [3.63, 3.8) is 0 Å². The molecule has 1 saturated heterocycles. The molecule has 5 nitrogen and oxygen atoms in total. The van der Waals surface area contributed by atoms with Gasteiger partial charge in [0.2, 0.25) is 0 Å². The van der Waals surface area contributed by atoms with E-state index in [4.69, 9.17) is 37.4 Å². The second-order valence-electron chi connectivity index (χ2n) is 6.99. The summed E-state index contributed by atoms with van der Waals surface area (Å²) in [5, 5.41) is 3.85. The van der Waals surface area contributed by atoms with E-state index in [-0.39, 0.29) is 17.9 Å². The highest BCUT2D eigenvalue weighted by Crippen LogP contribution is 2.35. The van der Waals surface area contributed by atoms with E-state index >= 15 is 0 Å². The van der Waals surface area contributed by atoms with Crippen LogP contribution >= 0.6 is 23.2 Å². The van der Waals surface area contributed by atoms with Crippen LogP contribution in [0.3, 0.4) is 0 Å². The summed E-state index contributed by atoms with van der Waals surface area (Å²) in [6, 6.07) is 13.0. The van der Waals surface area contributed by atoms with Gasteiger partial charge in [0.25, 0.3) is 5.91 Å². The maximum atomic E-state index is 12.4. The van der Waals surface area contributed by atoms with Gasteiger partial charge in [-0.1, -0.05) is 35.3 Å². The molecule has 0 aliphatic carbocycles. The summed E-state index contributed by atoms with van der Waals surface area (Å²) in [5.41, 5.74) is 1.01. The summed E-state index contributed by atoms with van der Waals surface area (Å²) in [6.45, 7) is 4.37. The van der Waals surface area contributed by atoms with Gasteiger partial charge in [0.05, 0.1) is 16.7 Å². The number of nitrogens with one attached hydrogen (secondary N) is 1. The molecule has 1 amide bonds. The van der Waals surface area contributed by atoms with Crippen LogP contribution < -0.4 is 14.8 Å². The van der Waals surface area contributed by atoms with E-state index in [1.165, 1.54) is 5.56 Å². The first-order valence-corrected chi connectivity index (χ1v) is 10.4. The summed E-state index contributed by atoms with van der Waals surface area (Å²) >= 11 is 11.9. The lowest BCUT2D eigenvalue weighted by Gasteiger charge is -2.38.